The highest BCUT2D eigenvalue weighted by atomic mass is 16.5. The van der Waals surface area contributed by atoms with E-state index in [4.69, 9.17) is 4.74 Å². The molecule has 0 radical (unpaired) electrons. The van der Waals surface area contributed by atoms with E-state index in [1.165, 1.54) is 0 Å². The Morgan fingerprint density at radius 1 is 1.24 bits per heavy atom. The van der Waals surface area contributed by atoms with Crippen LogP contribution in [0.15, 0.2) is 18.2 Å². The van der Waals surface area contributed by atoms with Gasteiger partial charge in [0.2, 0.25) is 0 Å². The third kappa shape index (κ3) is 2.45. The first-order valence-corrected chi connectivity index (χ1v) is 6.01. The molecule has 94 valence electrons. The van der Waals surface area contributed by atoms with Crippen molar-refractivity contribution in [2.45, 2.75) is 39.4 Å². The minimum atomic E-state index is -0.846. The normalized spacial score (nSPS) is 18.4. The SMILES string of the molecule is CC(C)(C)C(O)C(O)c1ccc2c(c1)CCO2. The van der Waals surface area contributed by atoms with Gasteiger partial charge in [-0.2, -0.15) is 0 Å². The summed E-state index contributed by atoms with van der Waals surface area (Å²) in [6.07, 6.45) is -0.745. The first kappa shape index (κ1) is 12.4. The second-order valence-corrected chi connectivity index (χ2v) is 5.72. The zero-order chi connectivity index (χ0) is 12.6. The molecule has 3 heteroatoms. The van der Waals surface area contributed by atoms with Gasteiger partial charge in [-0.3, -0.25) is 0 Å². The van der Waals surface area contributed by atoms with Crippen molar-refractivity contribution in [3.63, 3.8) is 0 Å². The number of benzene rings is 1. The molecule has 2 unspecified atom stereocenters. The Labute approximate surface area is 102 Å². The van der Waals surface area contributed by atoms with E-state index in [-0.39, 0.29) is 5.41 Å². The number of aliphatic hydroxyl groups excluding tert-OH is 2. The van der Waals surface area contributed by atoms with Crippen LogP contribution in [0, 0.1) is 5.41 Å². The van der Waals surface area contributed by atoms with Crippen LogP contribution in [0.2, 0.25) is 0 Å². The Bertz CT molecular complexity index is 406. The number of hydrogen-bond donors (Lipinski definition) is 2. The third-order valence-corrected chi connectivity index (χ3v) is 3.24. The van der Waals surface area contributed by atoms with Crippen LogP contribution < -0.4 is 4.74 Å². The summed E-state index contributed by atoms with van der Waals surface area (Å²) < 4.78 is 5.42. The summed E-state index contributed by atoms with van der Waals surface area (Å²) in [5, 5.41) is 20.2. The van der Waals surface area contributed by atoms with Crippen LogP contribution in [0.25, 0.3) is 0 Å². The highest BCUT2D eigenvalue weighted by molar-refractivity contribution is 5.40. The highest BCUT2D eigenvalue weighted by Gasteiger charge is 2.30. The molecule has 2 rings (SSSR count). The first-order valence-electron chi connectivity index (χ1n) is 6.01. The number of aliphatic hydroxyl groups is 2. The van der Waals surface area contributed by atoms with Crippen LogP contribution in [0.4, 0.5) is 0 Å². The lowest BCUT2D eigenvalue weighted by Gasteiger charge is -2.30. The van der Waals surface area contributed by atoms with Crippen LogP contribution in [0.3, 0.4) is 0 Å². The number of ether oxygens (including phenoxy) is 1. The van der Waals surface area contributed by atoms with Crippen LogP contribution in [-0.4, -0.2) is 22.9 Å². The molecule has 0 amide bonds. The van der Waals surface area contributed by atoms with Crippen molar-refractivity contribution in [2.24, 2.45) is 5.41 Å². The lowest BCUT2D eigenvalue weighted by atomic mass is 9.83. The minimum Gasteiger partial charge on any atom is -0.493 e. The minimum absolute atomic E-state index is 0.338. The summed E-state index contributed by atoms with van der Waals surface area (Å²) in [7, 11) is 0. The first-order chi connectivity index (χ1) is 7.89. The van der Waals surface area contributed by atoms with E-state index in [9.17, 15) is 10.2 Å². The standard InChI is InChI=1S/C14H20O3/c1-14(2,3)13(16)12(15)10-4-5-11-9(8-10)6-7-17-11/h4-5,8,12-13,15-16H,6-7H2,1-3H3. The fourth-order valence-corrected chi connectivity index (χ4v) is 2.05. The number of rotatable bonds is 2. The van der Waals surface area contributed by atoms with E-state index in [0.29, 0.717) is 6.61 Å². The van der Waals surface area contributed by atoms with Crippen molar-refractivity contribution < 1.29 is 14.9 Å². The molecule has 2 atom stereocenters. The van der Waals surface area contributed by atoms with Crippen molar-refractivity contribution >= 4 is 0 Å². The Balaban J connectivity index is 2.23. The Morgan fingerprint density at radius 3 is 2.59 bits per heavy atom. The smallest absolute Gasteiger partial charge is 0.122 e. The fourth-order valence-electron chi connectivity index (χ4n) is 2.05. The number of fused-ring (bicyclic) bond motifs is 1. The van der Waals surface area contributed by atoms with E-state index in [1.807, 2.05) is 39.0 Å². The van der Waals surface area contributed by atoms with Crippen molar-refractivity contribution in [1.82, 2.24) is 0 Å². The quantitative estimate of drug-likeness (QED) is 0.826. The Morgan fingerprint density at radius 2 is 1.94 bits per heavy atom. The molecular weight excluding hydrogens is 216 g/mol. The van der Waals surface area contributed by atoms with Gasteiger partial charge in [-0.25, -0.2) is 0 Å². The molecule has 0 fully saturated rings. The van der Waals surface area contributed by atoms with Crippen LogP contribution in [0.1, 0.15) is 38.0 Å². The van der Waals surface area contributed by atoms with E-state index in [1.54, 1.807) is 0 Å². The molecule has 0 saturated heterocycles. The van der Waals surface area contributed by atoms with E-state index >= 15 is 0 Å². The molecular formula is C14H20O3. The lowest BCUT2D eigenvalue weighted by molar-refractivity contribution is -0.0458. The van der Waals surface area contributed by atoms with Gasteiger partial charge in [0.25, 0.3) is 0 Å². The molecule has 0 spiro atoms. The topological polar surface area (TPSA) is 49.7 Å². The van der Waals surface area contributed by atoms with Gasteiger partial charge in [-0.1, -0.05) is 26.8 Å². The third-order valence-electron chi connectivity index (χ3n) is 3.24. The molecule has 1 aromatic rings. The van der Waals surface area contributed by atoms with E-state index < -0.39 is 12.2 Å². The van der Waals surface area contributed by atoms with Gasteiger partial charge in [0.15, 0.2) is 0 Å². The van der Waals surface area contributed by atoms with Crippen molar-refractivity contribution in [1.29, 1.82) is 0 Å². The Kier molecular flexibility index (Phi) is 3.15. The van der Waals surface area contributed by atoms with E-state index in [2.05, 4.69) is 0 Å². The second kappa shape index (κ2) is 4.31. The van der Waals surface area contributed by atoms with Gasteiger partial charge in [0.05, 0.1) is 12.7 Å². The van der Waals surface area contributed by atoms with Crippen molar-refractivity contribution in [3.8, 4) is 5.75 Å². The van der Waals surface area contributed by atoms with Gasteiger partial charge >= 0.3 is 0 Å². The van der Waals surface area contributed by atoms with Gasteiger partial charge in [0, 0.05) is 6.42 Å². The number of hydrogen-bond acceptors (Lipinski definition) is 3. The molecule has 1 aromatic carbocycles. The van der Waals surface area contributed by atoms with Crippen molar-refractivity contribution in [3.05, 3.63) is 29.3 Å². The predicted molar refractivity (Wildman–Crippen MR) is 66.1 cm³/mol. The van der Waals surface area contributed by atoms with Crippen LogP contribution >= 0.6 is 0 Å². The van der Waals surface area contributed by atoms with Gasteiger partial charge in [-0.05, 0) is 28.7 Å². The lowest BCUT2D eigenvalue weighted by Crippen LogP contribution is -2.32. The maximum absolute atomic E-state index is 10.2. The zero-order valence-electron chi connectivity index (χ0n) is 10.6. The summed E-state index contributed by atoms with van der Waals surface area (Å²) in [6, 6.07) is 5.63. The zero-order valence-corrected chi connectivity index (χ0v) is 10.6. The molecule has 3 nitrogen and oxygen atoms in total. The van der Waals surface area contributed by atoms with Crippen LogP contribution in [0.5, 0.6) is 5.75 Å². The fraction of sp³-hybridized carbons (Fsp3) is 0.571. The molecule has 2 N–H and O–H groups in total. The molecule has 17 heavy (non-hydrogen) atoms. The monoisotopic (exact) mass is 236 g/mol. The molecule has 1 aliphatic rings. The van der Waals surface area contributed by atoms with Crippen LogP contribution in [-0.2, 0) is 6.42 Å². The largest absolute Gasteiger partial charge is 0.493 e. The average Bonchev–Trinajstić information content (AvgIpc) is 2.72. The maximum atomic E-state index is 10.2. The molecule has 0 aliphatic carbocycles. The highest BCUT2D eigenvalue weighted by Crippen LogP contribution is 2.33. The van der Waals surface area contributed by atoms with Gasteiger partial charge in [-0.15, -0.1) is 0 Å². The average molecular weight is 236 g/mol. The summed E-state index contributed by atoms with van der Waals surface area (Å²) in [5.74, 6) is 0.895. The summed E-state index contributed by atoms with van der Waals surface area (Å²) >= 11 is 0. The molecule has 0 saturated carbocycles. The molecule has 0 bridgehead atoms. The summed E-state index contributed by atoms with van der Waals surface area (Å²) in [6.45, 7) is 6.45. The maximum Gasteiger partial charge on any atom is 0.122 e. The summed E-state index contributed by atoms with van der Waals surface area (Å²) in [4.78, 5) is 0. The van der Waals surface area contributed by atoms with Crippen molar-refractivity contribution in [2.75, 3.05) is 6.61 Å². The Hall–Kier alpha value is -1.06. The molecule has 0 aromatic heterocycles. The van der Waals surface area contributed by atoms with Gasteiger partial charge < -0.3 is 14.9 Å². The predicted octanol–water partition coefficient (Wildman–Crippen LogP) is 2.06. The summed E-state index contributed by atoms with van der Waals surface area (Å²) in [5.41, 5.74) is 1.54. The second-order valence-electron chi connectivity index (χ2n) is 5.72. The molecule has 1 heterocycles. The molecule has 1 aliphatic heterocycles. The van der Waals surface area contributed by atoms with Gasteiger partial charge in [0.1, 0.15) is 11.9 Å². The van der Waals surface area contributed by atoms with E-state index in [0.717, 1.165) is 23.3 Å².